The lowest BCUT2D eigenvalue weighted by Crippen LogP contribution is -2.35. The minimum atomic E-state index is 0.134. The molecule has 5 heteroatoms. The maximum Gasteiger partial charge on any atom is 0.256 e. The van der Waals surface area contributed by atoms with Crippen LogP contribution in [-0.4, -0.2) is 20.9 Å². The van der Waals surface area contributed by atoms with Crippen molar-refractivity contribution in [2.75, 3.05) is 6.54 Å². The summed E-state index contributed by atoms with van der Waals surface area (Å²) in [6.45, 7) is 3.88. The fourth-order valence-electron chi connectivity index (χ4n) is 3.93. The molecule has 0 bridgehead atoms. The van der Waals surface area contributed by atoms with E-state index in [0.717, 1.165) is 56.4 Å². The van der Waals surface area contributed by atoms with Crippen LogP contribution in [0.25, 0.3) is 11.0 Å². The van der Waals surface area contributed by atoms with Crippen LogP contribution in [-0.2, 0) is 19.4 Å². The molecular weight excluding hydrogens is 264 g/mol. The van der Waals surface area contributed by atoms with Gasteiger partial charge in [-0.05, 0) is 57.6 Å². The Morgan fingerprint density at radius 2 is 2.10 bits per heavy atom. The van der Waals surface area contributed by atoms with Crippen LogP contribution in [0, 0.1) is 0 Å². The Labute approximate surface area is 123 Å². The van der Waals surface area contributed by atoms with E-state index in [0.29, 0.717) is 0 Å². The molecule has 21 heavy (non-hydrogen) atoms. The highest BCUT2D eigenvalue weighted by Crippen LogP contribution is 2.29. The molecule has 1 atom stereocenters. The third kappa shape index (κ3) is 1.87. The SMILES string of the molecule is CCn1ncc2c3c(c(=O)n(C4CCCN4)c21)CCCC3. The molecule has 0 aromatic carbocycles. The first kappa shape index (κ1) is 13.1. The number of hydrogen-bond donors (Lipinski definition) is 1. The van der Waals surface area contributed by atoms with Gasteiger partial charge >= 0.3 is 0 Å². The Kier molecular flexibility index (Phi) is 3.10. The Bertz CT molecular complexity index is 737. The van der Waals surface area contributed by atoms with E-state index in [1.165, 1.54) is 17.4 Å². The molecule has 1 aliphatic carbocycles. The van der Waals surface area contributed by atoms with Crippen molar-refractivity contribution < 1.29 is 0 Å². The summed E-state index contributed by atoms with van der Waals surface area (Å²) in [5.74, 6) is 0. The molecule has 4 rings (SSSR count). The average Bonchev–Trinajstić information content (AvgIpc) is 3.17. The average molecular weight is 286 g/mol. The first-order chi connectivity index (χ1) is 10.3. The summed E-state index contributed by atoms with van der Waals surface area (Å²) in [5, 5.41) is 9.19. The lowest BCUT2D eigenvalue weighted by molar-refractivity contribution is 0.454. The second-order valence-electron chi connectivity index (χ2n) is 6.15. The van der Waals surface area contributed by atoms with Gasteiger partial charge in [-0.2, -0.15) is 5.10 Å². The summed E-state index contributed by atoms with van der Waals surface area (Å²) in [5.41, 5.74) is 3.53. The first-order valence-corrected chi connectivity index (χ1v) is 8.16. The van der Waals surface area contributed by atoms with Crippen LogP contribution in [0.5, 0.6) is 0 Å². The van der Waals surface area contributed by atoms with Crippen LogP contribution in [0.2, 0.25) is 0 Å². The highest BCUT2D eigenvalue weighted by Gasteiger charge is 2.26. The van der Waals surface area contributed by atoms with Gasteiger partial charge in [0.05, 0.1) is 12.4 Å². The molecule has 0 radical (unpaired) electrons. The lowest BCUT2D eigenvalue weighted by Gasteiger charge is -2.23. The number of rotatable bonds is 2. The highest BCUT2D eigenvalue weighted by atomic mass is 16.1. The van der Waals surface area contributed by atoms with Crippen molar-refractivity contribution in [2.24, 2.45) is 0 Å². The highest BCUT2D eigenvalue weighted by molar-refractivity contribution is 5.81. The zero-order valence-electron chi connectivity index (χ0n) is 12.6. The van der Waals surface area contributed by atoms with E-state index in [1.54, 1.807) is 0 Å². The van der Waals surface area contributed by atoms with Gasteiger partial charge in [0.25, 0.3) is 5.56 Å². The predicted octanol–water partition coefficient (Wildman–Crippen LogP) is 1.98. The van der Waals surface area contributed by atoms with Crippen LogP contribution in [0.15, 0.2) is 11.0 Å². The van der Waals surface area contributed by atoms with Gasteiger partial charge in [0.1, 0.15) is 5.65 Å². The summed E-state index contributed by atoms with van der Waals surface area (Å²) < 4.78 is 3.97. The molecule has 3 heterocycles. The summed E-state index contributed by atoms with van der Waals surface area (Å²) in [6, 6.07) is 0. The van der Waals surface area contributed by atoms with Gasteiger partial charge in [-0.25, -0.2) is 4.68 Å². The molecule has 2 aromatic heterocycles. The van der Waals surface area contributed by atoms with E-state index in [4.69, 9.17) is 0 Å². The number of aryl methyl sites for hydroxylation is 2. The quantitative estimate of drug-likeness (QED) is 0.918. The zero-order chi connectivity index (χ0) is 14.4. The van der Waals surface area contributed by atoms with E-state index in [-0.39, 0.29) is 11.7 Å². The van der Waals surface area contributed by atoms with Crippen LogP contribution in [0.1, 0.15) is 49.9 Å². The van der Waals surface area contributed by atoms with Crippen LogP contribution < -0.4 is 10.9 Å². The summed E-state index contributed by atoms with van der Waals surface area (Å²) >= 11 is 0. The number of hydrogen-bond acceptors (Lipinski definition) is 3. The van der Waals surface area contributed by atoms with Crippen molar-refractivity contribution in [1.82, 2.24) is 19.7 Å². The fourth-order valence-corrected chi connectivity index (χ4v) is 3.93. The molecule has 2 aromatic rings. The molecule has 0 amide bonds. The molecule has 112 valence electrons. The molecule has 0 saturated carbocycles. The summed E-state index contributed by atoms with van der Waals surface area (Å²) in [7, 11) is 0. The smallest absolute Gasteiger partial charge is 0.256 e. The Hall–Kier alpha value is -1.62. The first-order valence-electron chi connectivity index (χ1n) is 8.16. The lowest BCUT2D eigenvalue weighted by atomic mass is 9.91. The third-order valence-electron chi connectivity index (χ3n) is 4.96. The van der Waals surface area contributed by atoms with Crippen molar-refractivity contribution in [3.63, 3.8) is 0 Å². The van der Waals surface area contributed by atoms with Crippen LogP contribution in [0.3, 0.4) is 0 Å². The van der Waals surface area contributed by atoms with Gasteiger partial charge in [-0.15, -0.1) is 0 Å². The van der Waals surface area contributed by atoms with Gasteiger partial charge in [-0.1, -0.05) is 0 Å². The van der Waals surface area contributed by atoms with Gasteiger partial charge in [-0.3, -0.25) is 14.7 Å². The Morgan fingerprint density at radius 3 is 2.81 bits per heavy atom. The zero-order valence-corrected chi connectivity index (χ0v) is 12.6. The van der Waals surface area contributed by atoms with Crippen molar-refractivity contribution in [3.8, 4) is 0 Å². The van der Waals surface area contributed by atoms with E-state index in [2.05, 4.69) is 17.3 Å². The molecule has 2 aliphatic rings. The minimum absolute atomic E-state index is 0.134. The van der Waals surface area contributed by atoms with Crippen molar-refractivity contribution >= 4 is 11.0 Å². The van der Waals surface area contributed by atoms with Crippen molar-refractivity contribution in [2.45, 2.75) is 58.2 Å². The van der Waals surface area contributed by atoms with Gasteiger partial charge in [0.15, 0.2) is 0 Å². The molecule has 1 saturated heterocycles. The molecule has 1 fully saturated rings. The normalized spacial score (nSPS) is 21.9. The maximum atomic E-state index is 13.1. The van der Waals surface area contributed by atoms with E-state index in [9.17, 15) is 4.79 Å². The predicted molar refractivity (Wildman–Crippen MR) is 82.6 cm³/mol. The molecule has 1 aliphatic heterocycles. The number of nitrogens with one attached hydrogen (secondary N) is 1. The Morgan fingerprint density at radius 1 is 1.29 bits per heavy atom. The van der Waals surface area contributed by atoms with Crippen LogP contribution >= 0.6 is 0 Å². The second kappa shape index (κ2) is 4.98. The van der Waals surface area contributed by atoms with E-state index < -0.39 is 0 Å². The molecular formula is C16H22N4O. The number of nitrogens with zero attached hydrogens (tertiary/aromatic N) is 3. The monoisotopic (exact) mass is 286 g/mol. The third-order valence-corrected chi connectivity index (χ3v) is 4.96. The topological polar surface area (TPSA) is 51.9 Å². The van der Waals surface area contributed by atoms with Crippen molar-refractivity contribution in [3.05, 3.63) is 27.7 Å². The van der Waals surface area contributed by atoms with E-state index in [1.807, 2.05) is 15.4 Å². The standard InChI is InChI=1S/C16H22N4O/c1-2-19-15-13(10-18-19)11-6-3-4-7-12(11)16(21)20(15)14-8-5-9-17-14/h10,14,17H,2-9H2,1H3. The number of aromatic nitrogens is 3. The second-order valence-corrected chi connectivity index (χ2v) is 6.15. The Balaban J connectivity index is 2.07. The molecule has 1 N–H and O–H groups in total. The molecule has 0 spiro atoms. The largest absolute Gasteiger partial charge is 0.297 e. The number of fused-ring (bicyclic) bond motifs is 3. The fraction of sp³-hybridized carbons (Fsp3) is 0.625. The van der Waals surface area contributed by atoms with Gasteiger partial charge in [0, 0.05) is 17.5 Å². The van der Waals surface area contributed by atoms with Crippen LogP contribution in [0.4, 0.5) is 0 Å². The molecule has 1 unspecified atom stereocenters. The van der Waals surface area contributed by atoms with Gasteiger partial charge in [0.2, 0.25) is 0 Å². The van der Waals surface area contributed by atoms with Gasteiger partial charge < -0.3 is 0 Å². The summed E-state index contributed by atoms with van der Waals surface area (Å²) in [4.78, 5) is 13.1. The number of pyridine rings is 1. The molecule has 5 nitrogen and oxygen atoms in total. The summed E-state index contributed by atoms with van der Waals surface area (Å²) in [6.07, 6.45) is 8.53. The maximum absolute atomic E-state index is 13.1. The minimum Gasteiger partial charge on any atom is -0.297 e. The van der Waals surface area contributed by atoms with E-state index >= 15 is 0 Å². The van der Waals surface area contributed by atoms with Crippen molar-refractivity contribution in [1.29, 1.82) is 0 Å².